The number of aryl methyl sites for hydroxylation is 2. The van der Waals surface area contributed by atoms with Crippen LogP contribution in [0.1, 0.15) is 27.3 Å². The molecule has 0 atom stereocenters. The van der Waals surface area contributed by atoms with Gasteiger partial charge < -0.3 is 19.4 Å². The molecule has 0 aliphatic carbocycles. The number of carbonyl (C=O) groups excluding carboxylic acids is 1. The number of H-pyrrole nitrogens is 2. The molecule has 0 spiro atoms. The number of hydrogen-bond acceptors (Lipinski definition) is 6. The number of nitriles is 1. The number of hydrogen-bond donors (Lipinski definition) is 1. The van der Waals surface area contributed by atoms with Crippen molar-refractivity contribution in [3.8, 4) is 29.5 Å². The normalized spacial score (nSPS) is 10.6. The number of amides is 1. The number of aromatic amines is 2. The van der Waals surface area contributed by atoms with E-state index in [1.807, 2.05) is 19.9 Å². The number of carbonyl (C=O) groups is 1. The third-order valence-corrected chi connectivity index (χ3v) is 4.69. The van der Waals surface area contributed by atoms with Gasteiger partial charge in [0.15, 0.2) is 5.52 Å². The summed E-state index contributed by atoms with van der Waals surface area (Å²) in [7, 11) is 3.37. The van der Waals surface area contributed by atoms with Crippen molar-refractivity contribution in [1.29, 1.82) is 5.26 Å². The summed E-state index contributed by atoms with van der Waals surface area (Å²) < 4.78 is 12.0. The zero-order valence-corrected chi connectivity index (χ0v) is 18.1. The van der Waals surface area contributed by atoms with E-state index in [9.17, 15) is 10.1 Å². The Hall–Kier alpha value is -4.45. The zero-order valence-electron chi connectivity index (χ0n) is 18.1. The number of ether oxygens (including phenoxy) is 2. The van der Waals surface area contributed by atoms with E-state index in [1.165, 1.54) is 4.90 Å². The minimum atomic E-state index is -0.136. The average molecular weight is 429 g/mol. The van der Waals surface area contributed by atoms with Crippen molar-refractivity contribution in [1.82, 2.24) is 19.9 Å². The van der Waals surface area contributed by atoms with E-state index in [4.69, 9.17) is 9.47 Å². The van der Waals surface area contributed by atoms with Gasteiger partial charge in [-0.15, -0.1) is 0 Å². The highest BCUT2D eigenvalue weighted by molar-refractivity contribution is 5.94. The first kappa shape index (κ1) is 20.8. The summed E-state index contributed by atoms with van der Waals surface area (Å²) in [5.74, 6) is 1.81. The predicted octanol–water partition coefficient (Wildman–Crippen LogP) is 3.55. The third-order valence-electron chi connectivity index (χ3n) is 4.69. The molecule has 2 N–H and O–H groups in total. The summed E-state index contributed by atoms with van der Waals surface area (Å²) in [5, 5.41) is 9.21. The van der Waals surface area contributed by atoms with Crippen LogP contribution in [0.2, 0.25) is 0 Å². The molecule has 32 heavy (non-hydrogen) atoms. The zero-order chi connectivity index (χ0) is 22.8. The van der Waals surface area contributed by atoms with Gasteiger partial charge in [0, 0.05) is 24.6 Å². The monoisotopic (exact) mass is 429 g/mol. The van der Waals surface area contributed by atoms with Crippen molar-refractivity contribution < 1.29 is 19.3 Å². The highest BCUT2D eigenvalue weighted by atomic mass is 16.5. The third kappa shape index (κ3) is 4.20. The van der Waals surface area contributed by atoms with Crippen LogP contribution in [0.15, 0.2) is 42.5 Å². The summed E-state index contributed by atoms with van der Waals surface area (Å²) in [6.45, 7) is 3.70. The van der Waals surface area contributed by atoms with Crippen LogP contribution in [0.4, 0.5) is 0 Å². The molecule has 4 rings (SSSR count). The standard InChI is InChI=1S/C23H20N6O3/c1-13-8-9-15(12-24)10-18(13)32-21-19-20(26-14(2)25-19)27-23(28-21)31-17-7-5-6-16(11-17)22(30)29(3)4/h5-11H,1-4H3,(H,25,26,27,28)/p+1. The Kier molecular flexibility index (Phi) is 5.43. The van der Waals surface area contributed by atoms with Gasteiger partial charge in [0.2, 0.25) is 0 Å². The number of nitrogens with one attached hydrogen (secondary N) is 2. The highest BCUT2D eigenvalue weighted by Gasteiger charge is 2.23. The number of benzene rings is 2. The van der Waals surface area contributed by atoms with Crippen LogP contribution < -0.4 is 14.5 Å². The fourth-order valence-electron chi connectivity index (χ4n) is 3.08. The molecule has 0 radical (unpaired) electrons. The van der Waals surface area contributed by atoms with Gasteiger partial charge >= 0.3 is 17.5 Å². The van der Waals surface area contributed by atoms with E-state index in [-0.39, 0.29) is 11.9 Å². The Morgan fingerprint density at radius 1 is 1.12 bits per heavy atom. The lowest BCUT2D eigenvalue weighted by atomic mass is 10.1. The van der Waals surface area contributed by atoms with Crippen molar-refractivity contribution >= 4 is 17.1 Å². The second-order valence-corrected chi connectivity index (χ2v) is 7.42. The smallest absolute Gasteiger partial charge is 0.421 e. The Morgan fingerprint density at radius 2 is 1.94 bits per heavy atom. The molecule has 2 heterocycles. The molecule has 0 bridgehead atoms. The Balaban J connectivity index is 1.73. The lowest BCUT2D eigenvalue weighted by Crippen LogP contribution is -2.21. The van der Waals surface area contributed by atoms with E-state index in [1.54, 1.807) is 50.5 Å². The summed E-state index contributed by atoms with van der Waals surface area (Å²) in [6, 6.07) is 14.3. The molecule has 0 aliphatic rings. The van der Waals surface area contributed by atoms with Crippen molar-refractivity contribution in [2.24, 2.45) is 0 Å². The minimum Gasteiger partial charge on any atom is -0.421 e. The molecule has 1 amide bonds. The summed E-state index contributed by atoms with van der Waals surface area (Å²) in [5.41, 5.74) is 2.80. The summed E-state index contributed by atoms with van der Waals surface area (Å²) in [6.07, 6.45) is 0. The Labute approximate surface area is 184 Å². The van der Waals surface area contributed by atoms with Crippen LogP contribution in [-0.2, 0) is 0 Å². The fourth-order valence-corrected chi connectivity index (χ4v) is 3.08. The lowest BCUT2D eigenvalue weighted by Gasteiger charge is -2.10. The number of fused-ring (bicyclic) bond motifs is 1. The van der Waals surface area contributed by atoms with Gasteiger partial charge in [-0.25, -0.2) is 0 Å². The largest absolute Gasteiger partial charge is 0.507 e. The summed E-state index contributed by atoms with van der Waals surface area (Å²) >= 11 is 0. The maximum absolute atomic E-state index is 12.3. The van der Waals surface area contributed by atoms with Gasteiger partial charge in [-0.05, 0) is 49.7 Å². The number of aromatic nitrogens is 4. The molecule has 0 saturated carbocycles. The van der Waals surface area contributed by atoms with Gasteiger partial charge in [-0.2, -0.15) is 15.2 Å². The van der Waals surface area contributed by atoms with Crippen molar-refractivity contribution in [3.05, 3.63) is 65.0 Å². The van der Waals surface area contributed by atoms with Gasteiger partial charge in [0.05, 0.1) is 11.6 Å². The average Bonchev–Trinajstić information content (AvgIpc) is 3.15. The van der Waals surface area contributed by atoms with Crippen molar-refractivity contribution in [3.63, 3.8) is 0 Å². The molecule has 160 valence electrons. The van der Waals surface area contributed by atoms with E-state index >= 15 is 0 Å². The van der Waals surface area contributed by atoms with E-state index in [0.717, 1.165) is 5.56 Å². The number of imidazole rings is 1. The molecule has 0 saturated heterocycles. The number of nitrogens with zero attached hydrogens (tertiary/aromatic N) is 4. The molecular formula is C23H21N6O3+. The lowest BCUT2D eigenvalue weighted by molar-refractivity contribution is -0.405. The first-order chi connectivity index (χ1) is 15.3. The maximum atomic E-state index is 12.3. The highest BCUT2D eigenvalue weighted by Crippen LogP contribution is 2.29. The van der Waals surface area contributed by atoms with Gasteiger partial charge in [-0.1, -0.05) is 12.1 Å². The fraction of sp³-hybridized carbons (Fsp3) is 0.174. The Morgan fingerprint density at radius 3 is 2.69 bits per heavy atom. The van der Waals surface area contributed by atoms with Crippen LogP contribution in [0.5, 0.6) is 23.4 Å². The van der Waals surface area contributed by atoms with Gasteiger partial charge in [0.1, 0.15) is 17.3 Å². The number of rotatable bonds is 5. The molecule has 9 nitrogen and oxygen atoms in total. The van der Waals surface area contributed by atoms with Crippen LogP contribution in [0.3, 0.4) is 0 Å². The molecule has 0 unspecified atom stereocenters. The van der Waals surface area contributed by atoms with Gasteiger partial charge in [0.25, 0.3) is 5.91 Å². The van der Waals surface area contributed by atoms with E-state index in [0.29, 0.717) is 45.5 Å². The van der Waals surface area contributed by atoms with E-state index in [2.05, 4.69) is 26.0 Å². The van der Waals surface area contributed by atoms with Crippen LogP contribution in [-0.4, -0.2) is 39.9 Å². The molecular weight excluding hydrogens is 408 g/mol. The van der Waals surface area contributed by atoms with Crippen molar-refractivity contribution in [2.75, 3.05) is 14.1 Å². The summed E-state index contributed by atoms with van der Waals surface area (Å²) in [4.78, 5) is 28.7. The second kappa shape index (κ2) is 8.35. The molecule has 2 aromatic carbocycles. The molecule has 0 aliphatic heterocycles. The molecule has 4 aromatic rings. The maximum Gasteiger partial charge on any atom is 0.507 e. The molecule has 2 aromatic heterocycles. The predicted molar refractivity (Wildman–Crippen MR) is 116 cm³/mol. The van der Waals surface area contributed by atoms with Gasteiger partial charge in [-0.3, -0.25) is 4.79 Å². The first-order valence-electron chi connectivity index (χ1n) is 9.82. The quantitative estimate of drug-likeness (QED) is 0.518. The van der Waals surface area contributed by atoms with Crippen LogP contribution >= 0.6 is 0 Å². The van der Waals surface area contributed by atoms with E-state index < -0.39 is 0 Å². The minimum absolute atomic E-state index is 0.136. The van der Waals surface area contributed by atoms with Crippen molar-refractivity contribution in [2.45, 2.75) is 13.8 Å². The van der Waals surface area contributed by atoms with Crippen LogP contribution in [0.25, 0.3) is 11.2 Å². The SMILES string of the molecule is Cc1nc2nc(Oc3cccc(C(=O)N(C)C)c3)[nH+]c(Oc3cc(C#N)ccc3C)c2[nH]1. The first-order valence-corrected chi connectivity index (χ1v) is 9.82. The molecule has 0 fully saturated rings. The second-order valence-electron chi connectivity index (χ2n) is 7.42. The molecule has 9 heteroatoms. The topological polar surface area (TPSA) is 118 Å². The Bertz CT molecular complexity index is 1370. The van der Waals surface area contributed by atoms with Crippen LogP contribution in [0, 0.1) is 25.2 Å².